The second kappa shape index (κ2) is 25.2. The van der Waals surface area contributed by atoms with Crippen LogP contribution in [0.4, 0.5) is 0 Å². The van der Waals surface area contributed by atoms with Crippen molar-refractivity contribution in [1.29, 1.82) is 0 Å². The van der Waals surface area contributed by atoms with Crippen molar-refractivity contribution in [2.45, 2.75) is 167 Å². The number of ketones is 1. The zero-order valence-electron chi connectivity index (χ0n) is 26.1. The number of aliphatic hydroxyl groups excluding tert-OH is 2. The fourth-order valence-electron chi connectivity index (χ4n) is 5.19. The summed E-state index contributed by atoms with van der Waals surface area (Å²) >= 11 is 0. The van der Waals surface area contributed by atoms with Crippen LogP contribution in [0.1, 0.15) is 136 Å². The van der Waals surface area contributed by atoms with Crippen LogP contribution in [0, 0.1) is 0 Å². The van der Waals surface area contributed by atoms with Crippen LogP contribution in [0.3, 0.4) is 0 Å². The molecule has 0 saturated carbocycles. The molecule has 8 nitrogen and oxygen atoms in total. The van der Waals surface area contributed by atoms with Gasteiger partial charge in [-0.3, -0.25) is 9.59 Å². The van der Waals surface area contributed by atoms with Crippen LogP contribution in [0.15, 0.2) is 12.7 Å². The molecule has 1 aliphatic rings. The first kappa shape index (κ1) is 37.7. The lowest BCUT2D eigenvalue weighted by atomic mass is 9.98. The third-order valence-corrected chi connectivity index (χ3v) is 7.65. The summed E-state index contributed by atoms with van der Waals surface area (Å²) < 4.78 is 23.1. The molecular formula is C33H60O8. The molecule has 1 heterocycles. The van der Waals surface area contributed by atoms with Gasteiger partial charge in [-0.25, -0.2) is 0 Å². The minimum absolute atomic E-state index is 0.120. The van der Waals surface area contributed by atoms with Gasteiger partial charge in [-0.15, -0.1) is 6.58 Å². The van der Waals surface area contributed by atoms with Crippen LogP contribution in [0.5, 0.6) is 0 Å². The number of ether oxygens (including phenoxy) is 4. The Morgan fingerprint density at radius 2 is 1.32 bits per heavy atom. The lowest BCUT2D eigenvalue weighted by Gasteiger charge is -2.43. The predicted octanol–water partition coefficient (Wildman–Crippen LogP) is 6.58. The van der Waals surface area contributed by atoms with Gasteiger partial charge in [-0.2, -0.15) is 0 Å². The molecule has 8 heteroatoms. The minimum atomic E-state index is -1.21. The summed E-state index contributed by atoms with van der Waals surface area (Å²) in [5.41, 5.74) is 0. The number of carbonyl (C=O) groups excluding carboxylic acids is 2. The monoisotopic (exact) mass is 584 g/mol. The maximum Gasteiger partial charge on any atom is 0.313 e. The van der Waals surface area contributed by atoms with Crippen LogP contribution in [-0.4, -0.2) is 72.5 Å². The van der Waals surface area contributed by atoms with Gasteiger partial charge in [0, 0.05) is 13.0 Å². The fraction of sp³-hybridized carbons (Fsp3) is 0.879. The lowest BCUT2D eigenvalue weighted by molar-refractivity contribution is -0.308. The van der Waals surface area contributed by atoms with E-state index in [1.165, 1.54) is 76.7 Å². The highest BCUT2D eigenvalue weighted by atomic mass is 16.7. The molecule has 0 radical (unpaired) electrons. The van der Waals surface area contributed by atoms with E-state index >= 15 is 0 Å². The van der Waals surface area contributed by atoms with Gasteiger partial charge in [0.25, 0.3) is 0 Å². The van der Waals surface area contributed by atoms with Gasteiger partial charge in [0.1, 0.15) is 30.5 Å². The highest BCUT2D eigenvalue weighted by molar-refractivity contribution is 5.95. The number of esters is 1. The molecule has 0 aromatic rings. The van der Waals surface area contributed by atoms with Crippen molar-refractivity contribution in [2.24, 2.45) is 0 Å². The molecule has 0 spiro atoms. The van der Waals surface area contributed by atoms with E-state index in [1.807, 2.05) is 0 Å². The summed E-state index contributed by atoms with van der Waals surface area (Å²) in [6, 6.07) is 0. The Labute approximate surface area is 249 Å². The summed E-state index contributed by atoms with van der Waals surface area (Å²) in [6.07, 6.45) is 15.8. The van der Waals surface area contributed by atoms with Crippen molar-refractivity contribution in [2.75, 3.05) is 19.8 Å². The molecule has 1 aliphatic heterocycles. The third kappa shape index (κ3) is 17.4. The van der Waals surface area contributed by atoms with E-state index in [0.29, 0.717) is 13.0 Å². The highest BCUT2D eigenvalue weighted by Crippen LogP contribution is 2.28. The van der Waals surface area contributed by atoms with Crippen molar-refractivity contribution in [3.8, 4) is 0 Å². The topological polar surface area (TPSA) is 112 Å². The van der Waals surface area contributed by atoms with Gasteiger partial charge in [-0.1, -0.05) is 116 Å². The summed E-state index contributed by atoms with van der Waals surface area (Å²) in [6.45, 7) is 8.12. The number of hydrogen-bond donors (Lipinski definition) is 2. The lowest BCUT2D eigenvalue weighted by Crippen LogP contribution is -2.61. The Kier molecular flexibility index (Phi) is 23.2. The molecule has 5 atom stereocenters. The second-order valence-electron chi connectivity index (χ2n) is 11.4. The first-order valence-corrected chi connectivity index (χ1v) is 16.5. The first-order valence-electron chi connectivity index (χ1n) is 16.5. The minimum Gasteiger partial charge on any atom is -0.454 e. The van der Waals surface area contributed by atoms with E-state index < -0.39 is 43.3 Å². The Morgan fingerprint density at radius 3 is 1.85 bits per heavy atom. The molecule has 1 rings (SSSR count). The molecular weight excluding hydrogens is 524 g/mol. The van der Waals surface area contributed by atoms with Crippen LogP contribution < -0.4 is 0 Å². The highest BCUT2D eigenvalue weighted by Gasteiger charge is 2.48. The first-order chi connectivity index (χ1) is 20.0. The predicted molar refractivity (Wildman–Crippen MR) is 162 cm³/mol. The van der Waals surface area contributed by atoms with E-state index in [2.05, 4.69) is 20.4 Å². The quantitative estimate of drug-likeness (QED) is 0.0482. The third-order valence-electron chi connectivity index (χ3n) is 7.65. The molecule has 2 N–H and O–H groups in total. The summed E-state index contributed by atoms with van der Waals surface area (Å²) in [4.78, 5) is 25.2. The molecule has 0 unspecified atom stereocenters. The van der Waals surface area contributed by atoms with Crippen molar-refractivity contribution < 1.29 is 38.7 Å². The van der Waals surface area contributed by atoms with Crippen molar-refractivity contribution >= 4 is 11.8 Å². The number of Topliss-reactive ketones (excluding diaryl/α,β-unsaturated/α-hetero) is 1. The van der Waals surface area contributed by atoms with Crippen LogP contribution in [0.2, 0.25) is 0 Å². The van der Waals surface area contributed by atoms with Crippen molar-refractivity contribution in [3.05, 3.63) is 12.7 Å². The maximum absolute atomic E-state index is 12.8. The zero-order chi connectivity index (χ0) is 30.1. The zero-order valence-corrected chi connectivity index (χ0v) is 26.1. The van der Waals surface area contributed by atoms with Gasteiger partial charge in [0.2, 0.25) is 0 Å². The van der Waals surface area contributed by atoms with Gasteiger partial charge >= 0.3 is 5.97 Å². The van der Waals surface area contributed by atoms with E-state index in [-0.39, 0.29) is 18.8 Å². The average Bonchev–Trinajstić information content (AvgIpc) is 2.96. The number of hydrogen-bond acceptors (Lipinski definition) is 8. The van der Waals surface area contributed by atoms with Crippen LogP contribution >= 0.6 is 0 Å². The molecule has 41 heavy (non-hydrogen) atoms. The van der Waals surface area contributed by atoms with Crippen molar-refractivity contribution in [1.82, 2.24) is 0 Å². The Morgan fingerprint density at radius 1 is 0.780 bits per heavy atom. The maximum atomic E-state index is 12.8. The SMILES string of the molecule is C=CCO[C@@H]1O[C@H](CO)[C@@H](O)[C@H](OCCCCCCCCCC)[C@H]1OC(=O)CC(=O)CCCCCCCCCCC. The Balaban J connectivity index is 2.56. The van der Waals surface area contributed by atoms with Crippen LogP contribution in [-0.2, 0) is 28.5 Å². The van der Waals surface area contributed by atoms with E-state index in [4.69, 9.17) is 18.9 Å². The number of rotatable bonds is 27. The van der Waals surface area contributed by atoms with E-state index in [0.717, 1.165) is 38.5 Å². The fourth-order valence-corrected chi connectivity index (χ4v) is 5.19. The molecule has 1 saturated heterocycles. The summed E-state index contributed by atoms with van der Waals surface area (Å²) in [7, 11) is 0. The molecule has 0 bridgehead atoms. The molecule has 0 aromatic heterocycles. The Hall–Kier alpha value is -1.32. The van der Waals surface area contributed by atoms with Crippen molar-refractivity contribution in [3.63, 3.8) is 0 Å². The largest absolute Gasteiger partial charge is 0.454 e. The van der Waals surface area contributed by atoms with Gasteiger partial charge in [0.05, 0.1) is 13.2 Å². The second-order valence-corrected chi connectivity index (χ2v) is 11.4. The smallest absolute Gasteiger partial charge is 0.313 e. The number of aliphatic hydroxyl groups is 2. The van der Waals surface area contributed by atoms with E-state index in [9.17, 15) is 19.8 Å². The molecule has 0 amide bonds. The molecule has 0 aliphatic carbocycles. The van der Waals surface area contributed by atoms with Gasteiger partial charge in [-0.05, 0) is 12.8 Å². The van der Waals surface area contributed by atoms with Gasteiger partial charge in [0.15, 0.2) is 12.4 Å². The summed E-state index contributed by atoms with van der Waals surface area (Å²) in [5, 5.41) is 20.6. The average molecular weight is 585 g/mol. The Bertz CT molecular complexity index is 670. The van der Waals surface area contributed by atoms with E-state index in [1.54, 1.807) is 0 Å². The summed E-state index contributed by atoms with van der Waals surface area (Å²) in [5.74, 6) is -0.856. The molecule has 0 aromatic carbocycles. The number of carbonyl (C=O) groups is 2. The number of unbranched alkanes of at least 4 members (excludes halogenated alkanes) is 15. The standard InChI is InChI=1S/C33H60O8/c1-4-7-9-11-13-15-16-18-20-22-27(35)25-29(36)41-32-31(38-24-21-19-17-14-12-10-8-5-2)30(37)28(26-34)40-33(32)39-23-6-3/h6,28,30-34,37H,3-5,7-26H2,1-2H3/t28-,30-,31+,32-,33-/m1/s1. The molecule has 1 fully saturated rings. The van der Waals surface area contributed by atoms with Crippen LogP contribution in [0.25, 0.3) is 0 Å². The normalized spacial score (nSPS) is 22.5. The van der Waals surface area contributed by atoms with Gasteiger partial charge < -0.3 is 29.2 Å². The molecule has 240 valence electrons.